The Kier molecular flexibility index (Phi) is 7.38. The first-order valence-electron chi connectivity index (χ1n) is 8.75. The summed E-state index contributed by atoms with van der Waals surface area (Å²) in [6, 6.07) is 14.7. The molecule has 0 heterocycles. The Bertz CT molecular complexity index is 865. The van der Waals surface area contributed by atoms with E-state index in [0.29, 0.717) is 12.0 Å². The van der Waals surface area contributed by atoms with Crippen LogP contribution in [0.4, 0.5) is 0 Å². The van der Waals surface area contributed by atoms with Crippen molar-refractivity contribution in [2.75, 3.05) is 13.2 Å². The number of allylic oxidation sites excluding steroid dienone is 1. The average molecular weight is 366 g/mol. The second-order valence-electron chi connectivity index (χ2n) is 5.74. The zero-order valence-electron chi connectivity index (χ0n) is 15.4. The highest BCUT2D eigenvalue weighted by Crippen LogP contribution is 2.17. The van der Waals surface area contributed by atoms with Crippen LogP contribution in [-0.2, 0) is 25.5 Å². The van der Waals surface area contributed by atoms with E-state index in [1.165, 1.54) is 6.20 Å². The first-order valence-corrected chi connectivity index (χ1v) is 8.75. The van der Waals surface area contributed by atoms with Gasteiger partial charge in [-0.2, -0.15) is 5.26 Å². The minimum Gasteiger partial charge on any atom is -0.464 e. The summed E-state index contributed by atoms with van der Waals surface area (Å²) in [6.45, 7) is 3.58. The second-order valence-corrected chi connectivity index (χ2v) is 5.74. The number of ether oxygens (including phenoxy) is 2. The molecule has 0 saturated heterocycles. The molecule has 0 atom stereocenters. The Morgan fingerprint density at radius 3 is 2.30 bits per heavy atom. The van der Waals surface area contributed by atoms with E-state index in [0.717, 1.165) is 16.3 Å². The fourth-order valence-electron chi connectivity index (χ4n) is 2.56. The summed E-state index contributed by atoms with van der Waals surface area (Å²) in [6.07, 6.45) is 1.74. The van der Waals surface area contributed by atoms with Gasteiger partial charge < -0.3 is 14.8 Å². The molecule has 0 aliphatic heterocycles. The van der Waals surface area contributed by atoms with Crippen LogP contribution < -0.4 is 5.32 Å². The van der Waals surface area contributed by atoms with Crippen molar-refractivity contribution in [3.05, 3.63) is 59.8 Å². The maximum atomic E-state index is 12.0. The van der Waals surface area contributed by atoms with Crippen molar-refractivity contribution >= 4 is 22.7 Å². The third-order valence-corrected chi connectivity index (χ3v) is 3.82. The second kappa shape index (κ2) is 9.97. The molecule has 2 aromatic rings. The fraction of sp³-hybridized carbons (Fsp3) is 0.286. The summed E-state index contributed by atoms with van der Waals surface area (Å²) >= 11 is 0. The molecule has 1 N–H and O–H groups in total. The highest BCUT2D eigenvalue weighted by molar-refractivity contribution is 5.99. The number of nitrogens with zero attached hydrogens (tertiary/aromatic N) is 1. The lowest BCUT2D eigenvalue weighted by molar-refractivity contribution is -0.157. The van der Waals surface area contributed by atoms with E-state index >= 15 is 0 Å². The molecule has 0 unspecified atom stereocenters. The quantitative estimate of drug-likeness (QED) is 0.439. The predicted octanol–water partition coefficient (Wildman–Crippen LogP) is 2.87. The van der Waals surface area contributed by atoms with Gasteiger partial charge in [0.15, 0.2) is 0 Å². The van der Waals surface area contributed by atoms with Gasteiger partial charge >= 0.3 is 11.9 Å². The van der Waals surface area contributed by atoms with Crippen LogP contribution in [0.5, 0.6) is 0 Å². The molecule has 0 saturated carbocycles. The lowest BCUT2D eigenvalue weighted by atomic mass is 10.0. The molecule has 0 fully saturated rings. The Balaban J connectivity index is 2.15. The summed E-state index contributed by atoms with van der Waals surface area (Å²) < 4.78 is 9.78. The van der Waals surface area contributed by atoms with Gasteiger partial charge in [0.25, 0.3) is 0 Å². The van der Waals surface area contributed by atoms with Crippen molar-refractivity contribution in [1.29, 1.82) is 5.26 Å². The van der Waals surface area contributed by atoms with Gasteiger partial charge in [-0.3, -0.25) is 0 Å². The summed E-state index contributed by atoms with van der Waals surface area (Å²) in [5.74, 6) is -1.48. The molecule has 0 bridgehead atoms. The first-order chi connectivity index (χ1) is 13.1. The third kappa shape index (κ3) is 5.58. The van der Waals surface area contributed by atoms with Gasteiger partial charge in [0.2, 0.25) is 6.04 Å². The standard InChI is InChI=1S/C21H22N2O4/c1-3-26-20(24)19(21(25)27-4-2)23-14-16(13-22)11-15-9-10-17-7-5-6-8-18(17)12-15/h5-10,12,14,19,23H,3-4,11H2,1-2H3/b16-14-. The largest absolute Gasteiger partial charge is 0.464 e. The minimum atomic E-state index is -1.30. The number of hydrogen-bond donors (Lipinski definition) is 1. The number of hydrogen-bond acceptors (Lipinski definition) is 6. The summed E-state index contributed by atoms with van der Waals surface area (Å²) in [4.78, 5) is 23.9. The Hall–Kier alpha value is -3.33. The van der Waals surface area contributed by atoms with Gasteiger partial charge in [0, 0.05) is 18.2 Å². The van der Waals surface area contributed by atoms with Gasteiger partial charge in [-0.1, -0.05) is 42.5 Å². The van der Waals surface area contributed by atoms with Crippen LogP contribution in [0, 0.1) is 11.3 Å². The van der Waals surface area contributed by atoms with E-state index in [9.17, 15) is 14.9 Å². The van der Waals surface area contributed by atoms with Crippen molar-refractivity contribution in [2.24, 2.45) is 0 Å². The molecule has 6 heteroatoms. The SMILES string of the molecule is CCOC(=O)C(N/C=C(\C#N)Cc1ccc2ccccc2c1)C(=O)OCC. The fourth-order valence-corrected chi connectivity index (χ4v) is 2.56. The highest BCUT2D eigenvalue weighted by atomic mass is 16.6. The predicted molar refractivity (Wildman–Crippen MR) is 102 cm³/mol. The molecule has 0 aliphatic carbocycles. The highest BCUT2D eigenvalue weighted by Gasteiger charge is 2.28. The maximum Gasteiger partial charge on any atom is 0.340 e. The molecule has 2 aromatic carbocycles. The van der Waals surface area contributed by atoms with Gasteiger partial charge in [0.1, 0.15) is 0 Å². The molecular weight excluding hydrogens is 344 g/mol. The number of rotatable bonds is 8. The number of fused-ring (bicyclic) bond motifs is 1. The lowest BCUT2D eigenvalue weighted by Gasteiger charge is -2.14. The third-order valence-electron chi connectivity index (χ3n) is 3.82. The topological polar surface area (TPSA) is 88.4 Å². The van der Waals surface area contributed by atoms with Crippen molar-refractivity contribution < 1.29 is 19.1 Å². The van der Waals surface area contributed by atoms with Crippen LogP contribution in [-0.4, -0.2) is 31.2 Å². The average Bonchev–Trinajstić information content (AvgIpc) is 2.67. The molecule has 2 rings (SSSR count). The lowest BCUT2D eigenvalue weighted by Crippen LogP contribution is -2.43. The van der Waals surface area contributed by atoms with Gasteiger partial charge in [-0.25, -0.2) is 9.59 Å². The number of carbonyl (C=O) groups is 2. The Morgan fingerprint density at radius 1 is 1.07 bits per heavy atom. The molecule has 0 aromatic heterocycles. The van der Waals surface area contributed by atoms with Crippen LogP contribution in [0.1, 0.15) is 19.4 Å². The van der Waals surface area contributed by atoms with Gasteiger partial charge in [0.05, 0.1) is 19.3 Å². The normalized spacial score (nSPS) is 11.1. The molecular formula is C21H22N2O4. The number of carbonyl (C=O) groups excluding carboxylic acids is 2. The van der Waals surface area contributed by atoms with Crippen LogP contribution in [0.25, 0.3) is 10.8 Å². The van der Waals surface area contributed by atoms with E-state index in [1.807, 2.05) is 42.5 Å². The van der Waals surface area contributed by atoms with Crippen molar-refractivity contribution in [2.45, 2.75) is 26.3 Å². The monoisotopic (exact) mass is 366 g/mol. The Morgan fingerprint density at radius 2 is 1.70 bits per heavy atom. The molecule has 140 valence electrons. The number of nitriles is 1. The minimum absolute atomic E-state index is 0.141. The number of esters is 2. The van der Waals surface area contributed by atoms with E-state index < -0.39 is 18.0 Å². The zero-order valence-corrected chi connectivity index (χ0v) is 15.4. The van der Waals surface area contributed by atoms with Crippen molar-refractivity contribution in [1.82, 2.24) is 5.32 Å². The molecule has 0 amide bonds. The smallest absolute Gasteiger partial charge is 0.340 e. The van der Waals surface area contributed by atoms with Gasteiger partial charge in [-0.05, 0) is 30.2 Å². The maximum absolute atomic E-state index is 12.0. The van der Waals surface area contributed by atoms with E-state index in [4.69, 9.17) is 9.47 Å². The summed E-state index contributed by atoms with van der Waals surface area (Å²) in [5, 5.41) is 14.3. The van der Waals surface area contributed by atoms with E-state index in [2.05, 4.69) is 11.4 Å². The van der Waals surface area contributed by atoms with E-state index in [-0.39, 0.29) is 13.2 Å². The summed E-state index contributed by atoms with van der Waals surface area (Å²) in [7, 11) is 0. The van der Waals surface area contributed by atoms with Crippen LogP contribution in [0.3, 0.4) is 0 Å². The molecule has 0 spiro atoms. The molecule has 0 radical (unpaired) electrons. The van der Waals surface area contributed by atoms with Crippen molar-refractivity contribution in [3.63, 3.8) is 0 Å². The van der Waals surface area contributed by atoms with Crippen LogP contribution in [0.15, 0.2) is 54.2 Å². The molecule has 27 heavy (non-hydrogen) atoms. The number of benzene rings is 2. The zero-order chi connectivity index (χ0) is 19.6. The number of nitrogens with one attached hydrogen (secondary N) is 1. The molecule has 6 nitrogen and oxygen atoms in total. The van der Waals surface area contributed by atoms with Crippen LogP contribution >= 0.6 is 0 Å². The van der Waals surface area contributed by atoms with E-state index in [1.54, 1.807) is 13.8 Å². The molecule has 0 aliphatic rings. The summed E-state index contributed by atoms with van der Waals surface area (Å²) in [5.41, 5.74) is 1.33. The first kappa shape index (κ1) is 20.0. The van der Waals surface area contributed by atoms with Gasteiger partial charge in [-0.15, -0.1) is 0 Å². The van der Waals surface area contributed by atoms with Crippen molar-refractivity contribution in [3.8, 4) is 6.07 Å². The Labute approximate surface area is 158 Å². The van der Waals surface area contributed by atoms with Crippen LogP contribution in [0.2, 0.25) is 0 Å².